The zero-order chi connectivity index (χ0) is 18.7. The molecule has 1 fully saturated rings. The standard InChI is InChI=1S/C18H18F2N2O3S/c19-15-9-4-10-16(20)17(15)22-26(24,25)14-8-3-5-12(11-14)18(23)21-13-6-1-2-7-13/h3-5,8-11,13,22H,1-2,6-7H2,(H,21,23). The third kappa shape index (κ3) is 4.01. The number of anilines is 1. The van der Waals surface area contributed by atoms with E-state index in [-0.39, 0.29) is 22.4 Å². The number of para-hydroxylation sites is 1. The maximum atomic E-state index is 13.7. The fourth-order valence-electron chi connectivity index (χ4n) is 2.93. The Labute approximate surface area is 150 Å². The highest BCUT2D eigenvalue weighted by Crippen LogP contribution is 2.23. The molecule has 1 saturated carbocycles. The van der Waals surface area contributed by atoms with Crippen LogP contribution in [0.1, 0.15) is 36.0 Å². The molecule has 2 N–H and O–H groups in total. The fourth-order valence-corrected chi connectivity index (χ4v) is 4.05. The van der Waals surface area contributed by atoms with Gasteiger partial charge in [-0.25, -0.2) is 17.2 Å². The Kier molecular flexibility index (Phi) is 5.22. The Bertz CT molecular complexity index is 906. The largest absolute Gasteiger partial charge is 0.349 e. The second-order valence-corrected chi connectivity index (χ2v) is 7.87. The van der Waals surface area contributed by atoms with Crippen LogP contribution in [0.5, 0.6) is 0 Å². The summed E-state index contributed by atoms with van der Waals surface area (Å²) in [5, 5.41) is 2.87. The number of hydrogen-bond acceptors (Lipinski definition) is 3. The summed E-state index contributed by atoms with van der Waals surface area (Å²) < 4.78 is 54.2. The third-order valence-electron chi connectivity index (χ3n) is 4.30. The molecule has 0 bridgehead atoms. The van der Waals surface area contributed by atoms with Crippen LogP contribution in [0, 0.1) is 11.6 Å². The maximum absolute atomic E-state index is 13.7. The molecule has 3 rings (SSSR count). The number of sulfonamides is 1. The molecule has 26 heavy (non-hydrogen) atoms. The first-order valence-corrected chi connectivity index (χ1v) is 9.73. The number of carbonyl (C=O) groups is 1. The molecule has 0 spiro atoms. The van der Waals surface area contributed by atoms with Gasteiger partial charge in [0, 0.05) is 11.6 Å². The van der Waals surface area contributed by atoms with E-state index in [0.29, 0.717) is 0 Å². The zero-order valence-electron chi connectivity index (χ0n) is 13.8. The highest BCUT2D eigenvalue weighted by Gasteiger charge is 2.22. The lowest BCUT2D eigenvalue weighted by Crippen LogP contribution is -2.32. The van der Waals surface area contributed by atoms with Crippen molar-refractivity contribution >= 4 is 21.6 Å². The van der Waals surface area contributed by atoms with Crippen molar-refractivity contribution in [2.45, 2.75) is 36.6 Å². The van der Waals surface area contributed by atoms with Gasteiger partial charge in [-0.05, 0) is 43.2 Å². The van der Waals surface area contributed by atoms with Crippen LogP contribution in [0.4, 0.5) is 14.5 Å². The molecular formula is C18H18F2N2O3S. The van der Waals surface area contributed by atoms with Gasteiger partial charge in [0.1, 0.15) is 17.3 Å². The first-order valence-electron chi connectivity index (χ1n) is 8.24. The molecule has 8 heteroatoms. The molecule has 0 aromatic heterocycles. The minimum Gasteiger partial charge on any atom is -0.349 e. The summed E-state index contributed by atoms with van der Waals surface area (Å²) >= 11 is 0. The summed E-state index contributed by atoms with van der Waals surface area (Å²) in [6, 6.07) is 8.48. The van der Waals surface area contributed by atoms with Crippen LogP contribution in [0.3, 0.4) is 0 Å². The van der Waals surface area contributed by atoms with Gasteiger partial charge in [0.2, 0.25) is 0 Å². The minimum atomic E-state index is -4.25. The van der Waals surface area contributed by atoms with E-state index in [0.717, 1.165) is 43.9 Å². The van der Waals surface area contributed by atoms with E-state index >= 15 is 0 Å². The first-order chi connectivity index (χ1) is 12.4. The van der Waals surface area contributed by atoms with Crippen molar-refractivity contribution in [1.29, 1.82) is 0 Å². The summed E-state index contributed by atoms with van der Waals surface area (Å²) in [4.78, 5) is 12.0. The molecule has 0 heterocycles. The molecule has 1 aliphatic carbocycles. The van der Waals surface area contributed by atoms with E-state index in [2.05, 4.69) is 5.32 Å². The molecule has 5 nitrogen and oxygen atoms in total. The number of hydrogen-bond donors (Lipinski definition) is 2. The molecule has 0 unspecified atom stereocenters. The van der Waals surface area contributed by atoms with Gasteiger partial charge >= 0.3 is 0 Å². The topological polar surface area (TPSA) is 75.3 Å². The van der Waals surface area contributed by atoms with Crippen LogP contribution in [-0.4, -0.2) is 20.4 Å². The molecule has 2 aromatic rings. The van der Waals surface area contributed by atoms with Crippen molar-refractivity contribution < 1.29 is 22.0 Å². The Morgan fingerprint density at radius 2 is 1.62 bits per heavy atom. The van der Waals surface area contributed by atoms with Crippen molar-refractivity contribution in [3.63, 3.8) is 0 Å². The van der Waals surface area contributed by atoms with Gasteiger partial charge in [0.15, 0.2) is 0 Å². The van der Waals surface area contributed by atoms with Crippen LogP contribution >= 0.6 is 0 Å². The number of halogens is 2. The lowest BCUT2D eigenvalue weighted by Gasteiger charge is -2.13. The van der Waals surface area contributed by atoms with Crippen LogP contribution < -0.4 is 10.0 Å². The molecule has 1 aliphatic rings. The zero-order valence-corrected chi connectivity index (χ0v) is 14.7. The number of nitrogens with one attached hydrogen (secondary N) is 2. The van der Waals surface area contributed by atoms with Gasteiger partial charge in [-0.15, -0.1) is 0 Å². The van der Waals surface area contributed by atoms with E-state index in [1.807, 2.05) is 4.72 Å². The number of carbonyl (C=O) groups excluding carboxylic acids is 1. The summed E-state index contributed by atoms with van der Waals surface area (Å²) in [7, 11) is -4.25. The van der Waals surface area contributed by atoms with Gasteiger partial charge < -0.3 is 5.32 Å². The van der Waals surface area contributed by atoms with E-state index in [1.165, 1.54) is 24.3 Å². The molecule has 0 saturated heterocycles. The Morgan fingerprint density at radius 1 is 1.00 bits per heavy atom. The molecular weight excluding hydrogens is 362 g/mol. The number of rotatable bonds is 5. The quantitative estimate of drug-likeness (QED) is 0.834. The highest BCUT2D eigenvalue weighted by atomic mass is 32.2. The number of benzene rings is 2. The van der Waals surface area contributed by atoms with E-state index in [4.69, 9.17) is 0 Å². The maximum Gasteiger partial charge on any atom is 0.262 e. The van der Waals surface area contributed by atoms with Crippen molar-refractivity contribution in [1.82, 2.24) is 5.32 Å². The third-order valence-corrected chi connectivity index (χ3v) is 5.64. The monoisotopic (exact) mass is 380 g/mol. The van der Waals surface area contributed by atoms with Crippen molar-refractivity contribution in [2.24, 2.45) is 0 Å². The van der Waals surface area contributed by atoms with E-state index in [1.54, 1.807) is 0 Å². The van der Waals surface area contributed by atoms with Gasteiger partial charge in [-0.3, -0.25) is 9.52 Å². The predicted octanol–water partition coefficient (Wildman–Crippen LogP) is 3.44. The van der Waals surface area contributed by atoms with Crippen molar-refractivity contribution in [2.75, 3.05) is 4.72 Å². The average molecular weight is 380 g/mol. The molecule has 0 aliphatic heterocycles. The second-order valence-electron chi connectivity index (χ2n) is 6.18. The minimum absolute atomic E-state index is 0.0911. The van der Waals surface area contributed by atoms with Crippen LogP contribution in [0.25, 0.3) is 0 Å². The SMILES string of the molecule is O=C(NC1CCCC1)c1cccc(S(=O)(=O)Nc2c(F)cccc2F)c1. The van der Waals surface area contributed by atoms with E-state index < -0.39 is 27.3 Å². The average Bonchev–Trinajstić information content (AvgIpc) is 3.11. The molecule has 2 aromatic carbocycles. The van der Waals surface area contributed by atoms with Crippen molar-refractivity contribution in [3.8, 4) is 0 Å². The van der Waals surface area contributed by atoms with Gasteiger partial charge in [-0.1, -0.05) is 25.0 Å². The summed E-state index contributed by atoms with van der Waals surface area (Å²) in [5.74, 6) is -2.42. The van der Waals surface area contributed by atoms with Crippen LogP contribution in [-0.2, 0) is 10.0 Å². The summed E-state index contributed by atoms with van der Waals surface area (Å²) in [6.45, 7) is 0. The molecule has 1 amide bonds. The smallest absolute Gasteiger partial charge is 0.262 e. The van der Waals surface area contributed by atoms with Crippen LogP contribution in [0.15, 0.2) is 47.4 Å². The lowest BCUT2D eigenvalue weighted by atomic mass is 10.2. The highest BCUT2D eigenvalue weighted by molar-refractivity contribution is 7.92. The fraction of sp³-hybridized carbons (Fsp3) is 0.278. The Balaban J connectivity index is 1.83. The summed E-state index contributed by atoms with van der Waals surface area (Å²) in [5.41, 5.74) is -0.581. The normalized spacial score (nSPS) is 15.0. The Morgan fingerprint density at radius 3 is 2.27 bits per heavy atom. The Hall–Kier alpha value is -2.48. The van der Waals surface area contributed by atoms with Gasteiger partial charge in [0.05, 0.1) is 4.90 Å². The van der Waals surface area contributed by atoms with Crippen molar-refractivity contribution in [3.05, 3.63) is 59.7 Å². The van der Waals surface area contributed by atoms with E-state index in [9.17, 15) is 22.0 Å². The van der Waals surface area contributed by atoms with Crippen LogP contribution in [0.2, 0.25) is 0 Å². The second kappa shape index (κ2) is 7.41. The molecule has 0 radical (unpaired) electrons. The molecule has 138 valence electrons. The predicted molar refractivity (Wildman–Crippen MR) is 93.3 cm³/mol. The summed E-state index contributed by atoms with van der Waals surface area (Å²) in [6.07, 6.45) is 3.91. The number of amides is 1. The molecule has 0 atom stereocenters. The lowest BCUT2D eigenvalue weighted by molar-refractivity contribution is 0.0937. The first kappa shape index (κ1) is 18.3. The van der Waals surface area contributed by atoms with Gasteiger partial charge in [0.25, 0.3) is 15.9 Å². The van der Waals surface area contributed by atoms with Gasteiger partial charge in [-0.2, -0.15) is 0 Å².